The Hall–Kier alpha value is -1.84. The minimum absolute atomic E-state index is 0.380. The van der Waals surface area contributed by atoms with E-state index in [9.17, 15) is 0 Å². The number of benzene rings is 1. The molecule has 2 aromatic rings. The molecule has 0 radical (unpaired) electrons. The Kier molecular flexibility index (Phi) is 5.37. The average molecular weight is 287 g/mol. The summed E-state index contributed by atoms with van der Waals surface area (Å²) in [7, 11) is 0. The van der Waals surface area contributed by atoms with E-state index in [-0.39, 0.29) is 0 Å². The van der Waals surface area contributed by atoms with E-state index in [1.54, 1.807) is 0 Å². The predicted octanol–water partition coefficient (Wildman–Crippen LogP) is 4.14. The van der Waals surface area contributed by atoms with Crippen molar-refractivity contribution in [3.8, 4) is 0 Å². The number of rotatable bonds is 7. The van der Waals surface area contributed by atoms with E-state index in [2.05, 4.69) is 67.0 Å². The van der Waals surface area contributed by atoms with Gasteiger partial charge in [-0.15, -0.1) is 0 Å². The van der Waals surface area contributed by atoms with E-state index < -0.39 is 0 Å². The SMILES string of the molecule is CCCCc1nc(CN(c2ccc(C)cc2)C(C)C)no1. The summed E-state index contributed by atoms with van der Waals surface area (Å²) in [4.78, 5) is 6.78. The molecule has 0 spiro atoms. The molecule has 2 rings (SSSR count). The maximum atomic E-state index is 5.31. The Morgan fingerprint density at radius 1 is 1.19 bits per heavy atom. The summed E-state index contributed by atoms with van der Waals surface area (Å²) in [6.45, 7) is 9.30. The number of anilines is 1. The van der Waals surface area contributed by atoms with Crippen molar-refractivity contribution in [3.63, 3.8) is 0 Å². The molecule has 0 saturated heterocycles. The monoisotopic (exact) mass is 287 g/mol. The van der Waals surface area contributed by atoms with Crippen molar-refractivity contribution in [2.45, 2.75) is 59.5 Å². The van der Waals surface area contributed by atoms with Crippen LogP contribution >= 0.6 is 0 Å². The third kappa shape index (κ3) is 4.31. The number of unbranched alkanes of at least 4 members (excludes halogenated alkanes) is 1. The minimum Gasteiger partial charge on any atom is -0.361 e. The van der Waals surface area contributed by atoms with Crippen LogP contribution in [-0.2, 0) is 13.0 Å². The van der Waals surface area contributed by atoms with E-state index in [4.69, 9.17) is 4.52 Å². The van der Waals surface area contributed by atoms with Crippen molar-refractivity contribution in [3.05, 3.63) is 41.5 Å². The van der Waals surface area contributed by atoms with Gasteiger partial charge in [0.25, 0.3) is 0 Å². The number of hydrogen-bond acceptors (Lipinski definition) is 4. The highest BCUT2D eigenvalue weighted by Crippen LogP contribution is 2.20. The first-order chi connectivity index (χ1) is 10.1. The standard InChI is InChI=1S/C17H25N3O/c1-5-6-7-17-18-16(19-21-17)12-20(13(2)3)15-10-8-14(4)9-11-15/h8-11,13H,5-7,12H2,1-4H3. The summed E-state index contributed by atoms with van der Waals surface area (Å²) in [5.41, 5.74) is 2.46. The predicted molar refractivity (Wildman–Crippen MR) is 85.4 cm³/mol. The smallest absolute Gasteiger partial charge is 0.226 e. The molecule has 0 fully saturated rings. The first-order valence-electron chi connectivity index (χ1n) is 7.75. The number of aryl methyl sites for hydroxylation is 2. The van der Waals surface area contributed by atoms with Gasteiger partial charge in [0.05, 0.1) is 6.54 Å². The topological polar surface area (TPSA) is 42.2 Å². The summed E-state index contributed by atoms with van der Waals surface area (Å²) < 4.78 is 5.31. The van der Waals surface area contributed by atoms with E-state index in [0.29, 0.717) is 12.6 Å². The normalized spacial score (nSPS) is 11.1. The second-order valence-corrected chi connectivity index (χ2v) is 5.77. The minimum atomic E-state index is 0.380. The Bertz CT molecular complexity index is 545. The molecular weight excluding hydrogens is 262 g/mol. The lowest BCUT2D eigenvalue weighted by molar-refractivity contribution is 0.369. The summed E-state index contributed by atoms with van der Waals surface area (Å²) in [6.07, 6.45) is 3.10. The van der Waals surface area contributed by atoms with Gasteiger partial charge < -0.3 is 9.42 Å². The molecule has 0 bridgehead atoms. The molecule has 0 amide bonds. The van der Waals surface area contributed by atoms with Crippen LogP contribution in [0.2, 0.25) is 0 Å². The molecule has 0 aliphatic rings. The van der Waals surface area contributed by atoms with Crippen LogP contribution in [-0.4, -0.2) is 16.2 Å². The maximum Gasteiger partial charge on any atom is 0.226 e. The van der Waals surface area contributed by atoms with Gasteiger partial charge in [0, 0.05) is 18.2 Å². The number of aromatic nitrogens is 2. The van der Waals surface area contributed by atoms with Crippen LogP contribution in [0.4, 0.5) is 5.69 Å². The van der Waals surface area contributed by atoms with Crippen LogP contribution in [0.1, 0.15) is 50.9 Å². The van der Waals surface area contributed by atoms with Gasteiger partial charge in [0.1, 0.15) is 0 Å². The molecule has 4 heteroatoms. The van der Waals surface area contributed by atoms with Crippen molar-refractivity contribution in [1.29, 1.82) is 0 Å². The molecule has 1 aromatic carbocycles. The van der Waals surface area contributed by atoms with Crippen LogP contribution in [0.15, 0.2) is 28.8 Å². The van der Waals surface area contributed by atoms with Gasteiger partial charge >= 0.3 is 0 Å². The second-order valence-electron chi connectivity index (χ2n) is 5.77. The molecule has 0 atom stereocenters. The molecule has 21 heavy (non-hydrogen) atoms. The van der Waals surface area contributed by atoms with Crippen molar-refractivity contribution in [2.24, 2.45) is 0 Å². The number of hydrogen-bond donors (Lipinski definition) is 0. The van der Waals surface area contributed by atoms with Crippen LogP contribution in [0.5, 0.6) is 0 Å². The fourth-order valence-electron chi connectivity index (χ4n) is 2.24. The molecule has 114 valence electrons. The van der Waals surface area contributed by atoms with E-state index >= 15 is 0 Å². The fourth-order valence-corrected chi connectivity index (χ4v) is 2.24. The van der Waals surface area contributed by atoms with Crippen LogP contribution < -0.4 is 4.90 Å². The lowest BCUT2D eigenvalue weighted by atomic mass is 10.2. The van der Waals surface area contributed by atoms with Crippen LogP contribution in [0.3, 0.4) is 0 Å². The second kappa shape index (κ2) is 7.25. The zero-order valence-corrected chi connectivity index (χ0v) is 13.5. The van der Waals surface area contributed by atoms with Gasteiger partial charge in [0.15, 0.2) is 5.82 Å². The van der Waals surface area contributed by atoms with Crippen molar-refractivity contribution in [1.82, 2.24) is 10.1 Å². The van der Waals surface area contributed by atoms with Gasteiger partial charge in [-0.25, -0.2) is 0 Å². The Morgan fingerprint density at radius 2 is 1.90 bits per heavy atom. The molecule has 0 aliphatic heterocycles. The summed E-state index contributed by atoms with van der Waals surface area (Å²) in [6, 6.07) is 8.94. The molecular formula is C17H25N3O. The van der Waals surface area contributed by atoms with Crippen molar-refractivity contribution in [2.75, 3.05) is 4.90 Å². The molecule has 1 aromatic heterocycles. The van der Waals surface area contributed by atoms with Crippen molar-refractivity contribution >= 4 is 5.69 Å². The quantitative estimate of drug-likeness (QED) is 0.767. The zero-order valence-electron chi connectivity index (χ0n) is 13.5. The molecule has 0 N–H and O–H groups in total. The highest BCUT2D eigenvalue weighted by Gasteiger charge is 2.15. The van der Waals surface area contributed by atoms with Crippen LogP contribution in [0, 0.1) is 6.92 Å². The third-order valence-electron chi connectivity index (χ3n) is 3.56. The summed E-state index contributed by atoms with van der Waals surface area (Å²) in [5.74, 6) is 1.51. The average Bonchev–Trinajstić information content (AvgIpc) is 2.91. The van der Waals surface area contributed by atoms with Crippen molar-refractivity contribution < 1.29 is 4.52 Å². The first-order valence-corrected chi connectivity index (χ1v) is 7.75. The van der Waals surface area contributed by atoms with E-state index in [1.165, 1.54) is 11.3 Å². The van der Waals surface area contributed by atoms with Crippen LogP contribution in [0.25, 0.3) is 0 Å². The van der Waals surface area contributed by atoms with Gasteiger partial charge in [-0.1, -0.05) is 36.2 Å². The van der Waals surface area contributed by atoms with Gasteiger partial charge in [-0.3, -0.25) is 0 Å². The van der Waals surface area contributed by atoms with Gasteiger partial charge in [-0.05, 0) is 39.3 Å². The molecule has 1 heterocycles. The molecule has 0 aliphatic carbocycles. The van der Waals surface area contributed by atoms with E-state index in [1.807, 2.05) is 0 Å². The molecule has 0 unspecified atom stereocenters. The highest BCUT2D eigenvalue weighted by molar-refractivity contribution is 5.48. The van der Waals surface area contributed by atoms with Gasteiger partial charge in [0.2, 0.25) is 5.89 Å². The van der Waals surface area contributed by atoms with Gasteiger partial charge in [-0.2, -0.15) is 4.98 Å². The lowest BCUT2D eigenvalue weighted by Crippen LogP contribution is -2.30. The highest BCUT2D eigenvalue weighted by atomic mass is 16.5. The first kappa shape index (κ1) is 15.5. The zero-order chi connectivity index (χ0) is 15.2. The Labute approximate surface area is 127 Å². The summed E-state index contributed by atoms with van der Waals surface area (Å²) in [5, 5.41) is 4.11. The molecule has 0 saturated carbocycles. The number of nitrogens with zero attached hydrogens (tertiary/aromatic N) is 3. The largest absolute Gasteiger partial charge is 0.361 e. The van der Waals surface area contributed by atoms with E-state index in [0.717, 1.165) is 31.0 Å². The maximum absolute atomic E-state index is 5.31. The third-order valence-corrected chi connectivity index (χ3v) is 3.56. The lowest BCUT2D eigenvalue weighted by Gasteiger charge is -2.27. The summed E-state index contributed by atoms with van der Waals surface area (Å²) >= 11 is 0. The Morgan fingerprint density at radius 3 is 2.52 bits per heavy atom. The fraction of sp³-hybridized carbons (Fsp3) is 0.529. The Balaban J connectivity index is 2.09. The molecule has 4 nitrogen and oxygen atoms in total.